The second kappa shape index (κ2) is 7.47. The number of nitrogens with zero attached hydrogens (tertiary/aromatic N) is 2. The molecule has 0 saturated carbocycles. The maximum atomic E-state index is 13.3. The van der Waals surface area contributed by atoms with E-state index in [1.54, 1.807) is 44.3 Å². The van der Waals surface area contributed by atoms with Crippen LogP contribution < -0.4 is 10.9 Å². The molecule has 1 N–H and O–H groups in total. The number of aromatic nitrogens is 2. The molecule has 3 rings (SSSR count). The van der Waals surface area contributed by atoms with E-state index in [-0.39, 0.29) is 23.7 Å². The molecule has 134 valence electrons. The number of rotatable bonds is 5. The van der Waals surface area contributed by atoms with Gasteiger partial charge in [0.25, 0.3) is 5.56 Å². The summed E-state index contributed by atoms with van der Waals surface area (Å²) < 4.78 is 14.8. The number of amides is 1. The van der Waals surface area contributed by atoms with Crippen molar-refractivity contribution in [3.05, 3.63) is 75.6 Å². The van der Waals surface area contributed by atoms with E-state index >= 15 is 0 Å². The van der Waals surface area contributed by atoms with E-state index in [1.807, 2.05) is 6.07 Å². The summed E-state index contributed by atoms with van der Waals surface area (Å²) in [5, 5.41) is 3.38. The molecule has 0 aliphatic carbocycles. The van der Waals surface area contributed by atoms with E-state index in [4.69, 9.17) is 0 Å². The highest BCUT2D eigenvalue weighted by atomic mass is 19.1. The van der Waals surface area contributed by atoms with Gasteiger partial charge in [0.15, 0.2) is 0 Å². The first-order chi connectivity index (χ1) is 12.5. The number of fused-ring (bicyclic) bond motifs is 1. The Morgan fingerprint density at radius 2 is 2.00 bits per heavy atom. The first kappa shape index (κ1) is 17.8. The fraction of sp³-hybridized carbons (Fsp3) is 0.250. The van der Waals surface area contributed by atoms with E-state index < -0.39 is 0 Å². The number of hydrogen-bond acceptors (Lipinski definition) is 3. The Balaban J connectivity index is 1.64. The monoisotopic (exact) mass is 353 g/mol. The zero-order chi connectivity index (χ0) is 18.7. The Morgan fingerprint density at radius 3 is 2.77 bits per heavy atom. The molecular formula is C20H20FN3O2. The summed E-state index contributed by atoms with van der Waals surface area (Å²) in [7, 11) is 1.66. The largest absolute Gasteiger partial charge is 0.352 e. The van der Waals surface area contributed by atoms with Gasteiger partial charge in [-0.05, 0) is 36.2 Å². The van der Waals surface area contributed by atoms with Gasteiger partial charge in [0, 0.05) is 26.4 Å². The van der Waals surface area contributed by atoms with Crippen molar-refractivity contribution in [2.24, 2.45) is 7.05 Å². The van der Waals surface area contributed by atoms with Crippen molar-refractivity contribution in [1.29, 1.82) is 0 Å². The number of hydrogen-bond donors (Lipinski definition) is 1. The number of aryl methyl sites for hydroxylation is 2. The van der Waals surface area contributed by atoms with Crippen molar-refractivity contribution in [2.45, 2.75) is 26.3 Å². The van der Waals surface area contributed by atoms with Crippen LogP contribution in [0.1, 0.15) is 23.4 Å². The molecular weight excluding hydrogens is 333 g/mol. The summed E-state index contributed by atoms with van der Waals surface area (Å²) in [6.45, 7) is 2.02. The third kappa shape index (κ3) is 3.79. The average molecular weight is 353 g/mol. The van der Waals surface area contributed by atoms with E-state index in [1.165, 1.54) is 10.6 Å². The van der Waals surface area contributed by atoms with E-state index in [0.29, 0.717) is 35.3 Å². The first-order valence-electron chi connectivity index (χ1n) is 8.42. The molecule has 0 aliphatic heterocycles. The number of carbonyl (C=O) groups is 1. The fourth-order valence-corrected chi connectivity index (χ4v) is 2.82. The van der Waals surface area contributed by atoms with Gasteiger partial charge >= 0.3 is 0 Å². The van der Waals surface area contributed by atoms with Gasteiger partial charge in [-0.25, -0.2) is 9.37 Å². The Bertz CT molecular complexity index is 1030. The molecule has 0 atom stereocenters. The molecule has 0 saturated heterocycles. The summed E-state index contributed by atoms with van der Waals surface area (Å²) in [4.78, 5) is 28.9. The molecule has 5 nitrogen and oxygen atoms in total. The predicted octanol–water partition coefficient (Wildman–Crippen LogP) is 2.63. The topological polar surface area (TPSA) is 64.0 Å². The molecule has 2 aromatic carbocycles. The summed E-state index contributed by atoms with van der Waals surface area (Å²) in [5.41, 5.74) is 1.90. The minimum absolute atomic E-state index is 0.118. The molecule has 1 amide bonds. The Labute approximate surface area is 150 Å². The lowest BCUT2D eigenvalue weighted by atomic mass is 10.1. The molecule has 6 heteroatoms. The number of nitrogens with one attached hydrogen (secondary N) is 1. The van der Waals surface area contributed by atoms with Crippen LogP contribution in [-0.4, -0.2) is 15.5 Å². The SMILES string of the molecule is Cc1cc(CNC(=O)CCc2nc3ccccc3c(=O)n2C)ccc1F. The van der Waals surface area contributed by atoms with Crippen LogP contribution in [0.25, 0.3) is 10.9 Å². The molecule has 0 spiro atoms. The predicted molar refractivity (Wildman–Crippen MR) is 98.3 cm³/mol. The third-order valence-electron chi connectivity index (χ3n) is 4.36. The zero-order valence-electron chi connectivity index (χ0n) is 14.8. The van der Waals surface area contributed by atoms with Crippen LogP contribution in [0, 0.1) is 12.7 Å². The Kier molecular flexibility index (Phi) is 5.11. The van der Waals surface area contributed by atoms with Gasteiger partial charge in [0.2, 0.25) is 5.91 Å². The highest BCUT2D eigenvalue weighted by molar-refractivity contribution is 5.78. The van der Waals surface area contributed by atoms with Crippen molar-refractivity contribution < 1.29 is 9.18 Å². The summed E-state index contributed by atoms with van der Waals surface area (Å²) in [6.07, 6.45) is 0.587. The zero-order valence-corrected chi connectivity index (χ0v) is 14.8. The Morgan fingerprint density at radius 1 is 1.23 bits per heavy atom. The highest BCUT2D eigenvalue weighted by Gasteiger charge is 2.10. The molecule has 1 heterocycles. The smallest absolute Gasteiger partial charge is 0.261 e. The van der Waals surface area contributed by atoms with Gasteiger partial charge in [0.05, 0.1) is 10.9 Å². The maximum Gasteiger partial charge on any atom is 0.261 e. The van der Waals surface area contributed by atoms with Crippen LogP contribution >= 0.6 is 0 Å². The second-order valence-corrected chi connectivity index (χ2v) is 6.27. The van der Waals surface area contributed by atoms with Crippen molar-refractivity contribution in [3.63, 3.8) is 0 Å². The van der Waals surface area contributed by atoms with E-state index in [0.717, 1.165) is 5.56 Å². The molecule has 0 unspecified atom stereocenters. The molecule has 26 heavy (non-hydrogen) atoms. The molecule has 1 aromatic heterocycles. The quantitative estimate of drug-likeness (QED) is 0.767. The first-order valence-corrected chi connectivity index (χ1v) is 8.42. The van der Waals surface area contributed by atoms with Crippen LogP contribution in [0.5, 0.6) is 0 Å². The minimum Gasteiger partial charge on any atom is -0.352 e. The third-order valence-corrected chi connectivity index (χ3v) is 4.36. The fourth-order valence-electron chi connectivity index (χ4n) is 2.82. The number of halogens is 1. The average Bonchev–Trinajstić information content (AvgIpc) is 2.64. The molecule has 0 radical (unpaired) electrons. The lowest BCUT2D eigenvalue weighted by Crippen LogP contribution is -2.26. The van der Waals surface area contributed by atoms with Crippen LogP contribution in [-0.2, 0) is 24.8 Å². The summed E-state index contributed by atoms with van der Waals surface area (Å²) >= 11 is 0. The molecule has 0 fully saturated rings. The molecule has 0 bridgehead atoms. The second-order valence-electron chi connectivity index (χ2n) is 6.27. The van der Waals surface area contributed by atoms with Gasteiger partial charge < -0.3 is 5.32 Å². The minimum atomic E-state index is -0.261. The highest BCUT2D eigenvalue weighted by Crippen LogP contribution is 2.10. The number of carbonyl (C=O) groups excluding carboxylic acids is 1. The van der Waals surface area contributed by atoms with Gasteiger partial charge in [0.1, 0.15) is 11.6 Å². The summed E-state index contributed by atoms with van der Waals surface area (Å²) in [6, 6.07) is 11.9. The number of benzene rings is 2. The van der Waals surface area contributed by atoms with Gasteiger partial charge in [-0.3, -0.25) is 14.2 Å². The standard InChI is InChI=1S/C20H20FN3O2/c1-13-11-14(7-8-16(13)21)12-22-19(25)10-9-18-23-17-6-4-3-5-15(17)20(26)24(18)2/h3-8,11H,9-10,12H2,1-2H3,(H,22,25). The van der Waals surface area contributed by atoms with Crippen molar-refractivity contribution in [1.82, 2.24) is 14.9 Å². The van der Waals surface area contributed by atoms with Crippen molar-refractivity contribution in [3.8, 4) is 0 Å². The number of para-hydroxylation sites is 1. The molecule has 3 aromatic rings. The van der Waals surface area contributed by atoms with E-state index in [2.05, 4.69) is 10.3 Å². The van der Waals surface area contributed by atoms with Gasteiger partial charge in [-0.2, -0.15) is 0 Å². The van der Waals surface area contributed by atoms with Gasteiger partial charge in [-0.15, -0.1) is 0 Å². The van der Waals surface area contributed by atoms with Crippen molar-refractivity contribution in [2.75, 3.05) is 0 Å². The lowest BCUT2D eigenvalue weighted by molar-refractivity contribution is -0.121. The van der Waals surface area contributed by atoms with Crippen molar-refractivity contribution >= 4 is 16.8 Å². The molecule has 0 aliphatic rings. The van der Waals surface area contributed by atoms with Crippen LogP contribution in [0.15, 0.2) is 47.3 Å². The van der Waals surface area contributed by atoms with E-state index in [9.17, 15) is 14.0 Å². The van der Waals surface area contributed by atoms with Crippen LogP contribution in [0.4, 0.5) is 4.39 Å². The van der Waals surface area contributed by atoms with Crippen LogP contribution in [0.2, 0.25) is 0 Å². The lowest BCUT2D eigenvalue weighted by Gasteiger charge is -2.10. The normalized spacial score (nSPS) is 10.9. The van der Waals surface area contributed by atoms with Gasteiger partial charge in [-0.1, -0.05) is 24.3 Å². The summed E-state index contributed by atoms with van der Waals surface area (Å²) in [5.74, 6) is 0.166. The van der Waals surface area contributed by atoms with Crippen LogP contribution in [0.3, 0.4) is 0 Å². The maximum absolute atomic E-state index is 13.3. The Hall–Kier alpha value is -3.02.